The Bertz CT molecular complexity index is 1050. The van der Waals surface area contributed by atoms with E-state index >= 15 is 0 Å². The van der Waals surface area contributed by atoms with E-state index in [1.807, 2.05) is 42.2 Å². The van der Waals surface area contributed by atoms with Crippen molar-refractivity contribution in [1.82, 2.24) is 9.88 Å². The quantitative estimate of drug-likeness (QED) is 0.672. The largest absolute Gasteiger partial charge is 0.495 e. The summed E-state index contributed by atoms with van der Waals surface area (Å²) >= 11 is 0. The first kappa shape index (κ1) is 20.6. The molecule has 0 bridgehead atoms. The number of fused-ring (bicyclic) bond motifs is 1. The van der Waals surface area contributed by atoms with Crippen LogP contribution in [-0.4, -0.2) is 53.5 Å². The fourth-order valence-electron chi connectivity index (χ4n) is 4.92. The molecule has 2 fully saturated rings. The number of amides is 2. The molecule has 168 valence electrons. The van der Waals surface area contributed by atoms with Crippen LogP contribution >= 0.6 is 0 Å². The van der Waals surface area contributed by atoms with Crippen LogP contribution in [0.5, 0.6) is 5.75 Å². The van der Waals surface area contributed by atoms with Gasteiger partial charge in [-0.15, -0.1) is 0 Å². The third kappa shape index (κ3) is 3.85. The summed E-state index contributed by atoms with van der Waals surface area (Å²) in [4.78, 5) is 24.6. The van der Waals surface area contributed by atoms with Gasteiger partial charge in [-0.3, -0.25) is 4.99 Å². The Balaban J connectivity index is 1.39. The van der Waals surface area contributed by atoms with E-state index in [-0.39, 0.29) is 6.03 Å². The van der Waals surface area contributed by atoms with Gasteiger partial charge < -0.3 is 25.6 Å². The minimum atomic E-state index is -0.438. The van der Waals surface area contributed by atoms with Crippen LogP contribution in [0.4, 0.5) is 22.0 Å². The number of hydrogen-bond donors (Lipinski definition) is 3. The molecule has 0 unspecified atom stereocenters. The molecule has 2 aliphatic heterocycles. The van der Waals surface area contributed by atoms with Gasteiger partial charge in [0.2, 0.25) is 0 Å². The van der Waals surface area contributed by atoms with E-state index < -0.39 is 5.54 Å². The van der Waals surface area contributed by atoms with E-state index in [4.69, 9.17) is 9.73 Å². The van der Waals surface area contributed by atoms with Gasteiger partial charge in [0, 0.05) is 12.7 Å². The number of pyridine rings is 1. The fraction of sp³-hybridized carbons (Fsp3) is 0.458. The Kier molecular flexibility index (Phi) is 5.36. The molecule has 1 aromatic heterocycles. The zero-order valence-electron chi connectivity index (χ0n) is 18.6. The summed E-state index contributed by atoms with van der Waals surface area (Å²) in [5.74, 6) is 2.35. The first-order valence-electron chi connectivity index (χ1n) is 11.4. The maximum Gasteiger partial charge on any atom is 0.322 e. The number of nitrogens with zero attached hydrogens (tertiary/aromatic N) is 3. The number of amidine groups is 1. The highest BCUT2D eigenvalue weighted by Gasteiger charge is 2.47. The number of aromatic nitrogens is 1. The lowest BCUT2D eigenvalue weighted by Crippen LogP contribution is -2.55. The Morgan fingerprint density at radius 3 is 2.97 bits per heavy atom. The highest BCUT2D eigenvalue weighted by Crippen LogP contribution is 2.37. The molecular weight excluding hydrogens is 404 g/mol. The average Bonchev–Trinajstić information content (AvgIpc) is 3.45. The number of methoxy groups -OCH3 is 1. The number of carbonyl (C=O) groups is 1. The van der Waals surface area contributed by atoms with E-state index in [9.17, 15) is 4.79 Å². The summed E-state index contributed by atoms with van der Waals surface area (Å²) in [6.45, 7) is 3.16. The molecular formula is C24H30N6O2. The molecule has 1 saturated carbocycles. The SMILES string of the molecule is COc1ccc(C)cc1NC(=O)N1CC[C@@]2(C1)Nc1cccnc1NC2=NC1CCCC1. The molecule has 3 aliphatic rings. The van der Waals surface area contributed by atoms with Gasteiger partial charge in [-0.25, -0.2) is 9.78 Å². The summed E-state index contributed by atoms with van der Waals surface area (Å²) in [6, 6.07) is 9.91. The standard InChI is InChI=1S/C24H30N6O2/c1-16-9-10-20(32-2)19(14-16)27-23(31)30-13-11-24(15-30)22(26-17-6-3-4-7-17)28-21-18(29-24)8-5-12-25-21/h5,8-10,12,14,17,29H,3-4,6-7,11,13,15H2,1-2H3,(H,27,31)(H,25,26,28)/t24-/m0/s1. The van der Waals surface area contributed by atoms with Crippen molar-refractivity contribution < 1.29 is 9.53 Å². The number of hydrogen-bond acceptors (Lipinski definition) is 5. The Hall–Kier alpha value is -3.29. The number of rotatable bonds is 3. The van der Waals surface area contributed by atoms with Crippen molar-refractivity contribution in [2.24, 2.45) is 4.99 Å². The van der Waals surface area contributed by atoms with Gasteiger partial charge in [-0.05, 0) is 56.0 Å². The Labute approximate surface area is 188 Å². The lowest BCUT2D eigenvalue weighted by Gasteiger charge is -2.38. The Morgan fingerprint density at radius 1 is 1.31 bits per heavy atom. The molecule has 1 spiro atoms. The van der Waals surface area contributed by atoms with Crippen LogP contribution in [0.3, 0.4) is 0 Å². The highest BCUT2D eigenvalue weighted by molar-refractivity contribution is 6.09. The van der Waals surface area contributed by atoms with Crippen LogP contribution < -0.4 is 20.7 Å². The molecule has 1 saturated heterocycles. The van der Waals surface area contributed by atoms with Gasteiger partial charge in [0.15, 0.2) is 5.82 Å². The van der Waals surface area contributed by atoms with Gasteiger partial charge >= 0.3 is 6.03 Å². The van der Waals surface area contributed by atoms with Crippen molar-refractivity contribution in [3.05, 3.63) is 42.1 Å². The number of aryl methyl sites for hydroxylation is 1. The van der Waals surface area contributed by atoms with Crippen LogP contribution in [0.15, 0.2) is 41.5 Å². The Morgan fingerprint density at radius 2 is 2.16 bits per heavy atom. The first-order valence-corrected chi connectivity index (χ1v) is 11.4. The second kappa shape index (κ2) is 8.33. The third-order valence-corrected chi connectivity index (χ3v) is 6.66. The van der Waals surface area contributed by atoms with Crippen molar-refractivity contribution in [3.63, 3.8) is 0 Å². The average molecular weight is 435 g/mol. The summed E-state index contributed by atoms with van der Waals surface area (Å²) in [5, 5.41) is 10.2. The van der Waals surface area contributed by atoms with E-state index in [1.165, 1.54) is 12.8 Å². The second-order valence-corrected chi connectivity index (χ2v) is 8.95. The monoisotopic (exact) mass is 434 g/mol. The maximum atomic E-state index is 13.2. The van der Waals surface area contributed by atoms with Crippen LogP contribution in [0.25, 0.3) is 0 Å². The first-order chi connectivity index (χ1) is 15.6. The number of urea groups is 1. The van der Waals surface area contributed by atoms with Gasteiger partial charge in [-0.1, -0.05) is 18.9 Å². The predicted molar refractivity (Wildman–Crippen MR) is 127 cm³/mol. The molecule has 2 aromatic rings. The molecule has 3 N–H and O–H groups in total. The number of aliphatic imine (C=N–C) groups is 1. The van der Waals surface area contributed by atoms with Gasteiger partial charge in [0.1, 0.15) is 17.1 Å². The zero-order valence-corrected chi connectivity index (χ0v) is 18.6. The molecule has 3 heterocycles. The molecule has 8 nitrogen and oxygen atoms in total. The maximum absolute atomic E-state index is 13.2. The predicted octanol–water partition coefficient (Wildman–Crippen LogP) is 4.25. The lowest BCUT2D eigenvalue weighted by molar-refractivity contribution is 0.221. The fourth-order valence-corrected chi connectivity index (χ4v) is 4.92. The smallest absolute Gasteiger partial charge is 0.322 e. The number of carbonyl (C=O) groups excluding carboxylic acids is 1. The normalized spacial score (nSPS) is 23.7. The minimum absolute atomic E-state index is 0.134. The van der Waals surface area contributed by atoms with E-state index in [1.54, 1.807) is 13.3 Å². The summed E-state index contributed by atoms with van der Waals surface area (Å²) < 4.78 is 5.42. The van der Waals surface area contributed by atoms with Gasteiger partial charge in [0.25, 0.3) is 0 Å². The van der Waals surface area contributed by atoms with Crippen molar-refractivity contribution in [2.75, 3.05) is 36.1 Å². The molecule has 1 atom stereocenters. The molecule has 1 aliphatic carbocycles. The van der Waals surface area contributed by atoms with Crippen LogP contribution in [0, 0.1) is 6.92 Å². The molecule has 8 heteroatoms. The van der Waals surface area contributed by atoms with E-state index in [2.05, 4.69) is 20.9 Å². The number of likely N-dealkylation sites (tertiary alicyclic amines) is 1. The van der Waals surface area contributed by atoms with Crippen LogP contribution in [-0.2, 0) is 0 Å². The van der Waals surface area contributed by atoms with Gasteiger partial charge in [-0.2, -0.15) is 0 Å². The van der Waals surface area contributed by atoms with E-state index in [0.29, 0.717) is 30.6 Å². The third-order valence-electron chi connectivity index (χ3n) is 6.66. The van der Waals surface area contributed by atoms with Crippen molar-refractivity contribution in [2.45, 2.75) is 50.6 Å². The van der Waals surface area contributed by atoms with Crippen LogP contribution in [0.2, 0.25) is 0 Å². The lowest BCUT2D eigenvalue weighted by atomic mass is 9.93. The molecule has 32 heavy (non-hydrogen) atoms. The number of anilines is 3. The summed E-state index contributed by atoms with van der Waals surface area (Å²) in [6.07, 6.45) is 7.25. The van der Waals surface area contributed by atoms with Crippen LogP contribution in [0.1, 0.15) is 37.7 Å². The van der Waals surface area contributed by atoms with Crippen molar-refractivity contribution in [1.29, 1.82) is 0 Å². The number of benzene rings is 1. The number of nitrogens with one attached hydrogen (secondary N) is 3. The molecule has 5 rings (SSSR count). The topological polar surface area (TPSA) is 90.9 Å². The minimum Gasteiger partial charge on any atom is -0.495 e. The second-order valence-electron chi connectivity index (χ2n) is 8.95. The highest BCUT2D eigenvalue weighted by atomic mass is 16.5. The van der Waals surface area contributed by atoms with Crippen molar-refractivity contribution in [3.8, 4) is 5.75 Å². The van der Waals surface area contributed by atoms with Gasteiger partial charge in [0.05, 0.1) is 31.1 Å². The molecule has 2 amide bonds. The molecule has 0 radical (unpaired) electrons. The summed E-state index contributed by atoms with van der Waals surface area (Å²) in [7, 11) is 1.61. The number of ether oxygens (including phenoxy) is 1. The zero-order chi connectivity index (χ0) is 22.1. The molecule has 1 aromatic carbocycles. The summed E-state index contributed by atoms with van der Waals surface area (Å²) in [5.41, 5.74) is 2.25. The van der Waals surface area contributed by atoms with Crippen molar-refractivity contribution >= 4 is 29.1 Å². The van der Waals surface area contributed by atoms with E-state index in [0.717, 1.165) is 42.2 Å².